The molecule has 128 valence electrons. The zero-order valence-electron chi connectivity index (χ0n) is 14.8. The first kappa shape index (κ1) is 18.9. The summed E-state index contributed by atoms with van der Waals surface area (Å²) in [6.45, 7) is 10.5. The van der Waals surface area contributed by atoms with Crippen LogP contribution in [0.1, 0.15) is 66.7 Å². The van der Waals surface area contributed by atoms with Crippen LogP contribution in [-0.2, 0) is 14.3 Å². The van der Waals surface area contributed by atoms with Gasteiger partial charge in [0.25, 0.3) is 0 Å². The Morgan fingerprint density at radius 2 is 1.73 bits per heavy atom. The molecule has 1 heterocycles. The SMILES string of the molecule is CCCCC(C(=O)O)C(=O)OC1CC(C)(C)N(C)C(C)(C)C1. The molecule has 5 heteroatoms. The van der Waals surface area contributed by atoms with Gasteiger partial charge in [0.1, 0.15) is 6.10 Å². The van der Waals surface area contributed by atoms with Crippen molar-refractivity contribution in [1.29, 1.82) is 0 Å². The van der Waals surface area contributed by atoms with E-state index in [1.165, 1.54) is 0 Å². The van der Waals surface area contributed by atoms with E-state index in [1.54, 1.807) is 0 Å². The van der Waals surface area contributed by atoms with Gasteiger partial charge in [-0.25, -0.2) is 0 Å². The van der Waals surface area contributed by atoms with Crippen LogP contribution < -0.4 is 0 Å². The molecule has 0 radical (unpaired) electrons. The largest absolute Gasteiger partial charge is 0.481 e. The van der Waals surface area contributed by atoms with Gasteiger partial charge in [-0.2, -0.15) is 0 Å². The minimum absolute atomic E-state index is 0.0885. The van der Waals surface area contributed by atoms with Crippen molar-refractivity contribution in [3.8, 4) is 0 Å². The number of unbranched alkanes of at least 4 members (excludes halogenated alkanes) is 1. The maximum absolute atomic E-state index is 12.2. The number of hydrogen-bond donors (Lipinski definition) is 1. The van der Waals surface area contributed by atoms with Gasteiger partial charge in [0, 0.05) is 23.9 Å². The van der Waals surface area contributed by atoms with E-state index in [1.807, 2.05) is 6.92 Å². The number of esters is 1. The first-order valence-electron chi connectivity index (χ1n) is 8.18. The van der Waals surface area contributed by atoms with Gasteiger partial charge in [0.05, 0.1) is 0 Å². The summed E-state index contributed by atoms with van der Waals surface area (Å²) in [5.41, 5.74) is -0.177. The van der Waals surface area contributed by atoms with Gasteiger partial charge in [-0.3, -0.25) is 14.5 Å². The average Bonchev–Trinajstić information content (AvgIpc) is 2.35. The van der Waals surface area contributed by atoms with Crippen molar-refractivity contribution in [2.24, 2.45) is 5.92 Å². The van der Waals surface area contributed by atoms with Crippen LogP contribution in [-0.4, -0.2) is 46.2 Å². The van der Waals surface area contributed by atoms with Crippen LogP contribution in [0.3, 0.4) is 0 Å². The third-order valence-corrected chi connectivity index (χ3v) is 4.98. The Labute approximate surface area is 134 Å². The highest BCUT2D eigenvalue weighted by molar-refractivity contribution is 5.93. The summed E-state index contributed by atoms with van der Waals surface area (Å²) in [6.07, 6.45) is 3.15. The molecule has 1 rings (SSSR count). The molecule has 1 aliphatic heterocycles. The number of nitrogens with zero attached hydrogens (tertiary/aromatic N) is 1. The summed E-state index contributed by atoms with van der Waals surface area (Å²) in [6, 6.07) is 0. The number of carbonyl (C=O) groups is 2. The molecule has 0 aromatic carbocycles. The molecule has 0 bridgehead atoms. The minimum Gasteiger partial charge on any atom is -0.481 e. The maximum atomic E-state index is 12.2. The second-order valence-corrected chi connectivity index (χ2v) is 7.68. The van der Waals surface area contributed by atoms with Crippen molar-refractivity contribution in [2.45, 2.75) is 83.9 Å². The van der Waals surface area contributed by atoms with Crippen LogP contribution in [0.25, 0.3) is 0 Å². The average molecular weight is 313 g/mol. The van der Waals surface area contributed by atoms with Crippen LogP contribution >= 0.6 is 0 Å². The third kappa shape index (κ3) is 4.45. The van der Waals surface area contributed by atoms with E-state index in [0.29, 0.717) is 6.42 Å². The molecule has 1 fully saturated rings. The molecule has 0 amide bonds. The number of carbonyl (C=O) groups excluding carboxylic acids is 1. The van der Waals surface area contributed by atoms with Gasteiger partial charge < -0.3 is 9.84 Å². The topological polar surface area (TPSA) is 66.8 Å². The lowest BCUT2D eigenvalue weighted by atomic mass is 9.78. The number of carboxylic acids is 1. The molecule has 0 saturated carbocycles. The van der Waals surface area contributed by atoms with E-state index in [2.05, 4.69) is 39.6 Å². The zero-order valence-corrected chi connectivity index (χ0v) is 14.8. The number of likely N-dealkylation sites (tertiary alicyclic amines) is 1. The van der Waals surface area contributed by atoms with Crippen molar-refractivity contribution >= 4 is 11.9 Å². The third-order valence-electron chi connectivity index (χ3n) is 4.98. The summed E-state index contributed by atoms with van der Waals surface area (Å²) >= 11 is 0. The van der Waals surface area contributed by atoms with Crippen molar-refractivity contribution in [3.63, 3.8) is 0 Å². The van der Waals surface area contributed by atoms with Gasteiger partial charge in [-0.15, -0.1) is 0 Å². The highest BCUT2D eigenvalue weighted by Gasteiger charge is 2.45. The molecular formula is C17H31NO4. The van der Waals surface area contributed by atoms with Crippen LogP contribution in [0.5, 0.6) is 0 Å². The van der Waals surface area contributed by atoms with Gasteiger partial charge in [0.2, 0.25) is 0 Å². The van der Waals surface area contributed by atoms with Crippen LogP contribution in [0.4, 0.5) is 0 Å². The van der Waals surface area contributed by atoms with Crippen molar-refractivity contribution in [3.05, 3.63) is 0 Å². The van der Waals surface area contributed by atoms with E-state index in [-0.39, 0.29) is 17.2 Å². The highest BCUT2D eigenvalue weighted by Crippen LogP contribution is 2.38. The number of piperidine rings is 1. The Balaban J connectivity index is 2.76. The monoisotopic (exact) mass is 313 g/mol. The molecule has 1 aliphatic rings. The standard InChI is InChI=1S/C17H31NO4/c1-7-8-9-13(14(19)20)15(21)22-12-10-16(2,3)18(6)17(4,5)11-12/h12-13H,7-11H2,1-6H3,(H,19,20). The molecule has 0 aromatic rings. The number of ether oxygens (including phenoxy) is 1. The second kappa shape index (κ2) is 6.99. The Bertz CT molecular complexity index is 399. The summed E-state index contributed by atoms with van der Waals surface area (Å²) in [5, 5.41) is 9.24. The first-order valence-corrected chi connectivity index (χ1v) is 8.18. The predicted octanol–water partition coefficient (Wildman–Crippen LogP) is 3.07. The fourth-order valence-electron chi connectivity index (χ4n) is 3.36. The Kier molecular flexibility index (Phi) is 6.02. The summed E-state index contributed by atoms with van der Waals surface area (Å²) in [7, 11) is 2.08. The van der Waals surface area contributed by atoms with E-state index in [9.17, 15) is 14.7 Å². The molecule has 1 N–H and O–H groups in total. The fourth-order valence-corrected chi connectivity index (χ4v) is 3.36. The normalized spacial score (nSPS) is 23.0. The molecule has 22 heavy (non-hydrogen) atoms. The molecule has 0 aromatic heterocycles. The number of carboxylic acid groups (broad SMARTS) is 1. The molecular weight excluding hydrogens is 282 g/mol. The lowest BCUT2D eigenvalue weighted by molar-refractivity contribution is -0.169. The van der Waals surface area contributed by atoms with Crippen molar-refractivity contribution in [1.82, 2.24) is 4.90 Å². The van der Waals surface area contributed by atoms with Crippen LogP contribution in [0.2, 0.25) is 0 Å². The number of rotatable bonds is 6. The Hall–Kier alpha value is -1.10. The number of hydrogen-bond acceptors (Lipinski definition) is 4. The quantitative estimate of drug-likeness (QED) is 0.603. The Morgan fingerprint density at radius 1 is 1.23 bits per heavy atom. The van der Waals surface area contributed by atoms with E-state index in [0.717, 1.165) is 25.7 Å². The maximum Gasteiger partial charge on any atom is 0.320 e. The highest BCUT2D eigenvalue weighted by atomic mass is 16.5. The van der Waals surface area contributed by atoms with Crippen molar-refractivity contribution < 1.29 is 19.4 Å². The lowest BCUT2D eigenvalue weighted by Crippen LogP contribution is -2.60. The van der Waals surface area contributed by atoms with Crippen molar-refractivity contribution in [2.75, 3.05) is 7.05 Å². The Morgan fingerprint density at radius 3 is 2.14 bits per heavy atom. The van der Waals surface area contributed by atoms with Crippen LogP contribution in [0, 0.1) is 5.92 Å². The lowest BCUT2D eigenvalue weighted by Gasteiger charge is -2.53. The first-order chi connectivity index (χ1) is 10.0. The molecule has 0 spiro atoms. The van der Waals surface area contributed by atoms with Gasteiger partial charge in [0.15, 0.2) is 5.92 Å². The molecule has 1 unspecified atom stereocenters. The van der Waals surface area contributed by atoms with E-state index < -0.39 is 17.9 Å². The smallest absolute Gasteiger partial charge is 0.320 e. The second-order valence-electron chi connectivity index (χ2n) is 7.68. The van der Waals surface area contributed by atoms with Gasteiger partial charge in [-0.1, -0.05) is 19.8 Å². The molecule has 0 aliphatic carbocycles. The minimum atomic E-state index is -1.08. The van der Waals surface area contributed by atoms with Gasteiger partial charge >= 0.3 is 11.9 Å². The molecule has 1 saturated heterocycles. The van der Waals surface area contributed by atoms with E-state index >= 15 is 0 Å². The fraction of sp³-hybridized carbons (Fsp3) is 0.882. The molecule has 1 atom stereocenters. The molecule has 5 nitrogen and oxygen atoms in total. The van der Waals surface area contributed by atoms with E-state index in [4.69, 9.17) is 4.74 Å². The zero-order chi connectivity index (χ0) is 17.1. The predicted molar refractivity (Wildman–Crippen MR) is 85.7 cm³/mol. The summed E-state index contributed by atoms with van der Waals surface area (Å²) in [4.78, 5) is 25.8. The van der Waals surface area contributed by atoms with Gasteiger partial charge in [-0.05, 0) is 41.2 Å². The van der Waals surface area contributed by atoms with Crippen LogP contribution in [0.15, 0.2) is 0 Å². The summed E-state index contributed by atoms with van der Waals surface area (Å²) < 4.78 is 5.58. The number of aliphatic carboxylic acids is 1. The summed E-state index contributed by atoms with van der Waals surface area (Å²) in [5.74, 6) is -2.70.